The van der Waals surface area contributed by atoms with Crippen molar-refractivity contribution in [3.05, 3.63) is 18.3 Å². The SMILES string of the molecule is COCCCNC(=S)Nc1ccc(N2CCCC[C@@H]2C)nc1. The second-order valence-electron chi connectivity index (χ2n) is 5.67. The first kappa shape index (κ1) is 17.0. The van der Waals surface area contributed by atoms with E-state index in [1.54, 1.807) is 7.11 Å². The zero-order valence-corrected chi connectivity index (χ0v) is 14.3. The van der Waals surface area contributed by atoms with Crippen molar-refractivity contribution in [2.45, 2.75) is 38.6 Å². The fourth-order valence-corrected chi connectivity index (χ4v) is 2.88. The minimum absolute atomic E-state index is 0.573. The predicted molar refractivity (Wildman–Crippen MR) is 95.6 cm³/mol. The topological polar surface area (TPSA) is 49.4 Å². The summed E-state index contributed by atoms with van der Waals surface area (Å²) >= 11 is 5.26. The maximum Gasteiger partial charge on any atom is 0.170 e. The molecule has 1 aromatic rings. The molecular weight excluding hydrogens is 296 g/mol. The van der Waals surface area contributed by atoms with Crippen LogP contribution < -0.4 is 15.5 Å². The van der Waals surface area contributed by atoms with Crippen molar-refractivity contribution in [3.8, 4) is 0 Å². The maximum atomic E-state index is 5.26. The molecule has 6 heteroatoms. The summed E-state index contributed by atoms with van der Waals surface area (Å²) in [6.07, 6.45) is 6.60. The third kappa shape index (κ3) is 5.10. The Labute approximate surface area is 138 Å². The summed E-state index contributed by atoms with van der Waals surface area (Å²) in [5.41, 5.74) is 0.914. The normalized spacial score (nSPS) is 18.1. The Hall–Kier alpha value is -1.40. The van der Waals surface area contributed by atoms with Gasteiger partial charge < -0.3 is 20.3 Å². The van der Waals surface area contributed by atoms with Gasteiger partial charge in [-0.1, -0.05) is 0 Å². The van der Waals surface area contributed by atoms with Crippen LogP contribution in [0.25, 0.3) is 0 Å². The lowest BCUT2D eigenvalue weighted by Crippen LogP contribution is -2.37. The molecule has 0 radical (unpaired) electrons. The summed E-state index contributed by atoms with van der Waals surface area (Å²) < 4.78 is 5.00. The van der Waals surface area contributed by atoms with Gasteiger partial charge in [0, 0.05) is 32.8 Å². The molecule has 1 atom stereocenters. The first-order valence-electron chi connectivity index (χ1n) is 7.97. The number of aromatic nitrogens is 1. The summed E-state index contributed by atoms with van der Waals surface area (Å²) in [6.45, 7) is 4.91. The summed E-state index contributed by atoms with van der Waals surface area (Å²) in [4.78, 5) is 6.96. The highest BCUT2D eigenvalue weighted by Crippen LogP contribution is 2.23. The molecule has 1 fully saturated rings. The molecule has 1 aliphatic heterocycles. The summed E-state index contributed by atoms with van der Waals surface area (Å²) in [7, 11) is 1.70. The largest absolute Gasteiger partial charge is 0.385 e. The highest BCUT2D eigenvalue weighted by atomic mass is 32.1. The van der Waals surface area contributed by atoms with Gasteiger partial charge in [0.05, 0.1) is 11.9 Å². The fourth-order valence-electron chi connectivity index (χ4n) is 2.66. The zero-order valence-electron chi connectivity index (χ0n) is 13.5. The molecule has 0 aliphatic carbocycles. The van der Waals surface area contributed by atoms with Crippen LogP contribution in [-0.4, -0.2) is 42.9 Å². The Balaban J connectivity index is 1.82. The number of hydrogen-bond acceptors (Lipinski definition) is 4. The van der Waals surface area contributed by atoms with Crippen LogP contribution in [0.5, 0.6) is 0 Å². The predicted octanol–water partition coefficient (Wildman–Crippen LogP) is 2.78. The van der Waals surface area contributed by atoms with E-state index in [2.05, 4.69) is 33.5 Å². The van der Waals surface area contributed by atoms with E-state index in [1.165, 1.54) is 19.3 Å². The first-order chi connectivity index (χ1) is 10.7. The molecule has 0 saturated carbocycles. The second kappa shape index (κ2) is 8.90. The van der Waals surface area contributed by atoms with Crippen LogP contribution >= 0.6 is 12.2 Å². The number of nitrogens with zero attached hydrogens (tertiary/aromatic N) is 2. The molecular formula is C16H26N4OS. The lowest BCUT2D eigenvalue weighted by atomic mass is 10.0. The number of thiocarbonyl (C=S) groups is 1. The van der Waals surface area contributed by atoms with E-state index in [4.69, 9.17) is 17.0 Å². The van der Waals surface area contributed by atoms with Gasteiger partial charge >= 0.3 is 0 Å². The van der Waals surface area contributed by atoms with E-state index >= 15 is 0 Å². The maximum absolute atomic E-state index is 5.26. The minimum atomic E-state index is 0.573. The Morgan fingerprint density at radius 3 is 3.00 bits per heavy atom. The van der Waals surface area contributed by atoms with Crippen LogP contribution in [0, 0.1) is 0 Å². The molecule has 1 saturated heterocycles. The number of anilines is 2. The smallest absolute Gasteiger partial charge is 0.170 e. The number of hydrogen-bond donors (Lipinski definition) is 2. The molecule has 0 unspecified atom stereocenters. The Bertz CT molecular complexity index is 466. The van der Waals surface area contributed by atoms with E-state index in [9.17, 15) is 0 Å². The van der Waals surface area contributed by atoms with Gasteiger partial charge in [0.25, 0.3) is 0 Å². The molecule has 2 heterocycles. The Morgan fingerprint density at radius 1 is 1.45 bits per heavy atom. The molecule has 1 aromatic heterocycles. The van der Waals surface area contributed by atoms with Gasteiger partial charge in [-0.2, -0.15) is 0 Å². The number of rotatable bonds is 6. The molecule has 0 spiro atoms. The van der Waals surface area contributed by atoms with Crippen molar-refractivity contribution < 1.29 is 4.74 Å². The average Bonchev–Trinajstić information content (AvgIpc) is 2.53. The van der Waals surface area contributed by atoms with Crippen LogP contribution in [0.4, 0.5) is 11.5 Å². The summed E-state index contributed by atoms with van der Waals surface area (Å²) in [5, 5.41) is 6.93. The van der Waals surface area contributed by atoms with Gasteiger partial charge in [-0.05, 0) is 57.0 Å². The van der Waals surface area contributed by atoms with Crippen molar-refractivity contribution in [2.75, 3.05) is 37.0 Å². The zero-order chi connectivity index (χ0) is 15.8. The summed E-state index contributed by atoms with van der Waals surface area (Å²) in [6, 6.07) is 4.67. The van der Waals surface area contributed by atoms with Crippen molar-refractivity contribution in [1.82, 2.24) is 10.3 Å². The first-order valence-corrected chi connectivity index (χ1v) is 8.38. The third-order valence-corrected chi connectivity index (χ3v) is 4.16. The number of methoxy groups -OCH3 is 1. The lowest BCUT2D eigenvalue weighted by Gasteiger charge is -2.34. The number of pyridine rings is 1. The molecule has 5 nitrogen and oxygen atoms in total. The van der Waals surface area contributed by atoms with Gasteiger partial charge in [-0.3, -0.25) is 0 Å². The van der Waals surface area contributed by atoms with E-state index in [0.29, 0.717) is 11.2 Å². The molecule has 122 valence electrons. The lowest BCUT2D eigenvalue weighted by molar-refractivity contribution is 0.196. The second-order valence-corrected chi connectivity index (χ2v) is 6.08. The highest BCUT2D eigenvalue weighted by molar-refractivity contribution is 7.80. The van der Waals surface area contributed by atoms with E-state index in [-0.39, 0.29) is 0 Å². The van der Waals surface area contributed by atoms with Gasteiger partial charge in [0.1, 0.15) is 5.82 Å². The number of piperidine rings is 1. The molecule has 0 bridgehead atoms. The van der Waals surface area contributed by atoms with E-state index in [0.717, 1.165) is 37.6 Å². The molecule has 22 heavy (non-hydrogen) atoms. The highest BCUT2D eigenvalue weighted by Gasteiger charge is 2.19. The van der Waals surface area contributed by atoms with E-state index < -0.39 is 0 Å². The minimum Gasteiger partial charge on any atom is -0.385 e. The van der Waals surface area contributed by atoms with Crippen LogP contribution in [0.2, 0.25) is 0 Å². The van der Waals surface area contributed by atoms with Gasteiger partial charge in [0.15, 0.2) is 5.11 Å². The van der Waals surface area contributed by atoms with Crippen molar-refractivity contribution in [1.29, 1.82) is 0 Å². The molecule has 2 N–H and O–H groups in total. The molecule has 2 rings (SSSR count). The Morgan fingerprint density at radius 2 is 2.32 bits per heavy atom. The Kier molecular flexibility index (Phi) is 6.86. The van der Waals surface area contributed by atoms with Crippen molar-refractivity contribution >= 4 is 28.8 Å². The number of ether oxygens (including phenoxy) is 1. The fraction of sp³-hybridized carbons (Fsp3) is 0.625. The van der Waals surface area contributed by atoms with Gasteiger partial charge in [0.2, 0.25) is 0 Å². The average molecular weight is 322 g/mol. The van der Waals surface area contributed by atoms with Crippen LogP contribution in [0.1, 0.15) is 32.6 Å². The molecule has 1 aliphatic rings. The monoisotopic (exact) mass is 322 g/mol. The van der Waals surface area contributed by atoms with Crippen molar-refractivity contribution in [3.63, 3.8) is 0 Å². The van der Waals surface area contributed by atoms with Crippen LogP contribution in [0.3, 0.4) is 0 Å². The standard InChI is InChI=1S/C16H26N4OS/c1-13-6-3-4-10-20(13)15-8-7-14(12-18-15)19-16(22)17-9-5-11-21-2/h7-8,12-13H,3-6,9-11H2,1-2H3,(H2,17,19,22)/t13-/m0/s1. The molecule has 0 amide bonds. The molecule has 0 aromatic carbocycles. The van der Waals surface area contributed by atoms with Gasteiger partial charge in [-0.15, -0.1) is 0 Å². The third-order valence-electron chi connectivity index (χ3n) is 3.91. The van der Waals surface area contributed by atoms with Crippen molar-refractivity contribution in [2.24, 2.45) is 0 Å². The number of nitrogens with one attached hydrogen (secondary N) is 2. The van der Waals surface area contributed by atoms with Crippen LogP contribution in [0.15, 0.2) is 18.3 Å². The summed E-state index contributed by atoms with van der Waals surface area (Å²) in [5.74, 6) is 1.05. The van der Waals surface area contributed by atoms with Crippen LogP contribution in [-0.2, 0) is 4.74 Å². The quantitative estimate of drug-likeness (QED) is 0.620. The van der Waals surface area contributed by atoms with Gasteiger partial charge in [-0.25, -0.2) is 4.98 Å². The van der Waals surface area contributed by atoms with E-state index in [1.807, 2.05) is 12.3 Å².